The number of amides is 2. The Hall–Kier alpha value is -1.30. The maximum Gasteiger partial charge on any atom is 0.242 e. The molecule has 1 aliphatic carbocycles. The van der Waals surface area contributed by atoms with E-state index in [1.54, 1.807) is 0 Å². The van der Waals surface area contributed by atoms with Gasteiger partial charge in [0.05, 0.1) is 12.6 Å². The van der Waals surface area contributed by atoms with Crippen molar-refractivity contribution in [2.75, 3.05) is 26.2 Å². The second kappa shape index (κ2) is 10.9. The van der Waals surface area contributed by atoms with Crippen molar-refractivity contribution in [2.24, 2.45) is 5.92 Å². The molecule has 7 heteroatoms. The van der Waals surface area contributed by atoms with Crippen LogP contribution in [0.25, 0.3) is 0 Å². The number of rotatable bonds is 6. The van der Waals surface area contributed by atoms with Gasteiger partial charge in [0.2, 0.25) is 11.8 Å². The molecule has 27 heavy (non-hydrogen) atoms. The van der Waals surface area contributed by atoms with Crippen LogP contribution < -0.4 is 10.6 Å². The second-order valence-electron chi connectivity index (χ2n) is 7.33. The van der Waals surface area contributed by atoms with E-state index in [2.05, 4.69) is 10.6 Å². The average molecular weight is 414 g/mol. The van der Waals surface area contributed by atoms with Crippen LogP contribution in [-0.2, 0) is 9.59 Å². The molecule has 1 aliphatic heterocycles. The average Bonchev–Trinajstić information content (AvgIpc) is 3.18. The van der Waals surface area contributed by atoms with Crippen molar-refractivity contribution in [2.45, 2.75) is 44.6 Å². The van der Waals surface area contributed by atoms with E-state index in [1.165, 1.54) is 25.7 Å². The number of hydrogen-bond donors (Lipinski definition) is 2. The number of halogens is 2. The van der Waals surface area contributed by atoms with E-state index in [1.807, 2.05) is 29.2 Å². The van der Waals surface area contributed by atoms with Gasteiger partial charge in [0.15, 0.2) is 0 Å². The van der Waals surface area contributed by atoms with Gasteiger partial charge in [-0.05, 0) is 30.0 Å². The summed E-state index contributed by atoms with van der Waals surface area (Å²) in [4.78, 5) is 26.6. The lowest BCUT2D eigenvalue weighted by Crippen LogP contribution is -2.51. The summed E-state index contributed by atoms with van der Waals surface area (Å²) >= 11 is 6.10. The van der Waals surface area contributed by atoms with Crippen LogP contribution in [0.1, 0.15) is 50.1 Å². The molecule has 0 radical (unpaired) electrons. The Morgan fingerprint density at radius 2 is 2.04 bits per heavy atom. The molecule has 150 valence electrons. The highest BCUT2D eigenvalue weighted by Gasteiger charge is 2.28. The van der Waals surface area contributed by atoms with Gasteiger partial charge in [-0.2, -0.15) is 0 Å². The molecule has 0 aromatic heterocycles. The first-order chi connectivity index (χ1) is 12.6. The first-order valence-corrected chi connectivity index (χ1v) is 10.0. The van der Waals surface area contributed by atoms with E-state index in [0.717, 1.165) is 18.5 Å². The maximum atomic E-state index is 12.7. The van der Waals surface area contributed by atoms with E-state index in [9.17, 15) is 9.59 Å². The van der Waals surface area contributed by atoms with Crippen molar-refractivity contribution in [3.05, 3.63) is 34.9 Å². The minimum Gasteiger partial charge on any atom is -0.347 e. The fourth-order valence-electron chi connectivity index (χ4n) is 4.01. The summed E-state index contributed by atoms with van der Waals surface area (Å²) in [6, 6.07) is 7.58. The van der Waals surface area contributed by atoms with Gasteiger partial charge in [0.1, 0.15) is 0 Å². The van der Waals surface area contributed by atoms with E-state index in [-0.39, 0.29) is 36.8 Å². The van der Waals surface area contributed by atoms with Gasteiger partial charge >= 0.3 is 0 Å². The standard InChI is InChI=1S/C20H28ClN3O2.ClH/c21-17-7-3-6-16(12-17)18-13-22-10-11-24(18)20(26)14-23-19(25)9-8-15-4-1-2-5-15;/h3,6-7,12,15,18,22H,1-2,4-5,8-11,13-14H2,(H,23,25);1H. The monoisotopic (exact) mass is 413 g/mol. The highest BCUT2D eigenvalue weighted by atomic mass is 35.5. The highest BCUT2D eigenvalue weighted by Crippen LogP contribution is 2.28. The third kappa shape index (κ3) is 6.37. The lowest BCUT2D eigenvalue weighted by Gasteiger charge is -2.36. The predicted octanol–water partition coefficient (Wildman–Crippen LogP) is 3.32. The second-order valence-corrected chi connectivity index (χ2v) is 7.76. The molecule has 1 atom stereocenters. The van der Waals surface area contributed by atoms with Crippen LogP contribution in [0.4, 0.5) is 0 Å². The fourth-order valence-corrected chi connectivity index (χ4v) is 4.21. The van der Waals surface area contributed by atoms with Gasteiger partial charge in [-0.1, -0.05) is 49.4 Å². The van der Waals surface area contributed by atoms with Crippen LogP contribution in [0.5, 0.6) is 0 Å². The lowest BCUT2D eigenvalue weighted by molar-refractivity contribution is -0.135. The molecule has 0 spiro atoms. The van der Waals surface area contributed by atoms with Crippen molar-refractivity contribution in [3.8, 4) is 0 Å². The summed E-state index contributed by atoms with van der Waals surface area (Å²) in [5.74, 6) is 0.641. The zero-order chi connectivity index (χ0) is 18.4. The number of carbonyl (C=O) groups is 2. The van der Waals surface area contributed by atoms with Gasteiger partial charge < -0.3 is 15.5 Å². The predicted molar refractivity (Wildman–Crippen MR) is 110 cm³/mol. The zero-order valence-corrected chi connectivity index (χ0v) is 17.2. The summed E-state index contributed by atoms with van der Waals surface area (Å²) < 4.78 is 0. The Morgan fingerprint density at radius 1 is 1.26 bits per heavy atom. The largest absolute Gasteiger partial charge is 0.347 e. The third-order valence-corrected chi connectivity index (χ3v) is 5.72. The van der Waals surface area contributed by atoms with Crippen LogP contribution in [-0.4, -0.2) is 42.9 Å². The summed E-state index contributed by atoms with van der Waals surface area (Å²) in [6.45, 7) is 2.16. The first kappa shape index (κ1) is 22.0. The number of benzene rings is 1. The molecule has 3 rings (SSSR count). The fraction of sp³-hybridized carbons (Fsp3) is 0.600. The summed E-state index contributed by atoms with van der Waals surface area (Å²) in [6.07, 6.45) is 6.54. The topological polar surface area (TPSA) is 61.4 Å². The van der Waals surface area contributed by atoms with Gasteiger partial charge in [-0.15, -0.1) is 12.4 Å². The van der Waals surface area contributed by atoms with E-state index in [0.29, 0.717) is 30.5 Å². The molecule has 1 aromatic carbocycles. The molecule has 5 nitrogen and oxygen atoms in total. The van der Waals surface area contributed by atoms with Crippen LogP contribution in [0, 0.1) is 5.92 Å². The van der Waals surface area contributed by atoms with Crippen molar-refractivity contribution in [3.63, 3.8) is 0 Å². The van der Waals surface area contributed by atoms with Crippen LogP contribution in [0.15, 0.2) is 24.3 Å². The molecule has 1 unspecified atom stereocenters. The van der Waals surface area contributed by atoms with Crippen molar-refractivity contribution in [1.29, 1.82) is 0 Å². The lowest BCUT2D eigenvalue weighted by atomic mass is 10.0. The van der Waals surface area contributed by atoms with Crippen molar-refractivity contribution < 1.29 is 9.59 Å². The summed E-state index contributed by atoms with van der Waals surface area (Å²) in [5, 5.41) is 6.81. The minimum atomic E-state index is -0.0506. The Kier molecular flexibility index (Phi) is 8.87. The first-order valence-electron chi connectivity index (χ1n) is 9.66. The van der Waals surface area contributed by atoms with E-state index in [4.69, 9.17) is 11.6 Å². The Bertz CT molecular complexity index is 635. The molecular formula is C20H29Cl2N3O2. The molecule has 1 saturated heterocycles. The molecule has 1 saturated carbocycles. The molecule has 2 aliphatic rings. The molecule has 2 N–H and O–H groups in total. The van der Waals surface area contributed by atoms with Gasteiger partial charge in [0, 0.05) is 31.1 Å². The normalized spacial score (nSPS) is 20.2. The Morgan fingerprint density at radius 3 is 2.78 bits per heavy atom. The quantitative estimate of drug-likeness (QED) is 0.751. The number of piperazine rings is 1. The smallest absolute Gasteiger partial charge is 0.242 e. The Labute approximate surface area is 172 Å². The molecule has 1 heterocycles. The Balaban J connectivity index is 0.00000261. The number of carbonyl (C=O) groups excluding carboxylic acids is 2. The third-order valence-electron chi connectivity index (χ3n) is 5.49. The van der Waals surface area contributed by atoms with Gasteiger partial charge in [0.25, 0.3) is 0 Å². The number of hydrogen-bond acceptors (Lipinski definition) is 3. The van der Waals surface area contributed by atoms with Crippen molar-refractivity contribution >= 4 is 35.8 Å². The summed E-state index contributed by atoms with van der Waals surface area (Å²) in [5.41, 5.74) is 1.02. The van der Waals surface area contributed by atoms with Crippen LogP contribution in [0.3, 0.4) is 0 Å². The zero-order valence-electron chi connectivity index (χ0n) is 15.6. The van der Waals surface area contributed by atoms with E-state index >= 15 is 0 Å². The van der Waals surface area contributed by atoms with Crippen LogP contribution in [0.2, 0.25) is 5.02 Å². The maximum absolute atomic E-state index is 12.7. The molecule has 2 amide bonds. The van der Waals surface area contributed by atoms with Gasteiger partial charge in [-0.25, -0.2) is 0 Å². The SMILES string of the molecule is Cl.O=C(CCC1CCCC1)NCC(=O)N1CCNCC1c1cccc(Cl)c1. The van der Waals surface area contributed by atoms with Gasteiger partial charge in [-0.3, -0.25) is 9.59 Å². The highest BCUT2D eigenvalue weighted by molar-refractivity contribution is 6.30. The summed E-state index contributed by atoms with van der Waals surface area (Å²) in [7, 11) is 0. The van der Waals surface area contributed by atoms with Crippen LogP contribution >= 0.6 is 24.0 Å². The van der Waals surface area contributed by atoms with Crippen molar-refractivity contribution in [1.82, 2.24) is 15.5 Å². The molecular weight excluding hydrogens is 385 g/mol. The minimum absolute atomic E-state index is 0. The number of nitrogens with one attached hydrogen (secondary N) is 2. The molecule has 2 fully saturated rings. The molecule has 0 bridgehead atoms. The van der Waals surface area contributed by atoms with E-state index < -0.39 is 0 Å². The number of nitrogens with zero attached hydrogens (tertiary/aromatic N) is 1. The molecule has 1 aromatic rings.